The van der Waals surface area contributed by atoms with Gasteiger partial charge in [-0.25, -0.2) is 4.79 Å². The highest BCUT2D eigenvalue weighted by Crippen LogP contribution is 2.32. The highest BCUT2D eigenvalue weighted by Gasteiger charge is 2.19. The number of nitrogens with zero attached hydrogens (tertiary/aromatic N) is 1. The predicted molar refractivity (Wildman–Crippen MR) is 108 cm³/mol. The second-order valence-corrected chi connectivity index (χ2v) is 6.70. The Hall–Kier alpha value is -3.61. The van der Waals surface area contributed by atoms with E-state index in [1.807, 2.05) is 31.2 Å². The summed E-state index contributed by atoms with van der Waals surface area (Å²) in [7, 11) is 0. The smallest absolute Gasteiger partial charge is 0.340 e. The van der Waals surface area contributed by atoms with Gasteiger partial charge in [-0.15, -0.1) is 0 Å². The van der Waals surface area contributed by atoms with Crippen LogP contribution in [0.1, 0.15) is 21.6 Å². The summed E-state index contributed by atoms with van der Waals surface area (Å²) in [5.74, 6) is 0.185. The van der Waals surface area contributed by atoms with E-state index in [9.17, 15) is 9.59 Å². The highest BCUT2D eigenvalue weighted by atomic mass is 16.6. The van der Waals surface area contributed by atoms with E-state index in [2.05, 4.69) is 10.3 Å². The summed E-state index contributed by atoms with van der Waals surface area (Å²) < 4.78 is 16.2. The number of anilines is 1. The molecule has 1 N–H and O–H groups in total. The third-order valence-electron chi connectivity index (χ3n) is 4.70. The molecule has 1 aromatic heterocycles. The monoisotopic (exact) mass is 392 g/mol. The third kappa shape index (κ3) is 3.85. The molecule has 0 radical (unpaired) electrons. The number of amides is 1. The van der Waals surface area contributed by atoms with Gasteiger partial charge in [0, 0.05) is 17.1 Å². The number of para-hydroxylation sites is 1. The third-order valence-corrected chi connectivity index (χ3v) is 4.70. The molecule has 7 heteroatoms. The second kappa shape index (κ2) is 7.79. The molecular formula is C22H20N2O5. The van der Waals surface area contributed by atoms with Crippen molar-refractivity contribution in [3.05, 3.63) is 59.3 Å². The molecule has 0 atom stereocenters. The Balaban J connectivity index is 1.43. The van der Waals surface area contributed by atoms with Gasteiger partial charge in [0.2, 0.25) is 0 Å². The van der Waals surface area contributed by atoms with E-state index in [4.69, 9.17) is 14.2 Å². The average Bonchev–Trinajstić information content (AvgIpc) is 2.72. The Morgan fingerprint density at radius 3 is 2.66 bits per heavy atom. The van der Waals surface area contributed by atoms with Crippen molar-refractivity contribution in [2.24, 2.45) is 0 Å². The van der Waals surface area contributed by atoms with Gasteiger partial charge in [0.15, 0.2) is 18.1 Å². The van der Waals surface area contributed by atoms with Gasteiger partial charge in [0.05, 0.1) is 16.8 Å². The van der Waals surface area contributed by atoms with Crippen LogP contribution >= 0.6 is 0 Å². The molecule has 0 fully saturated rings. The first kappa shape index (κ1) is 18.7. The number of aromatic nitrogens is 1. The van der Waals surface area contributed by atoms with E-state index in [0.717, 1.165) is 16.5 Å². The summed E-state index contributed by atoms with van der Waals surface area (Å²) in [6.07, 6.45) is 0. The Kier molecular flexibility index (Phi) is 5.03. The summed E-state index contributed by atoms with van der Waals surface area (Å²) in [5.41, 5.74) is 3.09. The minimum atomic E-state index is -0.574. The Morgan fingerprint density at radius 1 is 1.07 bits per heavy atom. The molecule has 3 aromatic rings. The summed E-state index contributed by atoms with van der Waals surface area (Å²) in [6, 6.07) is 12.7. The van der Waals surface area contributed by atoms with Crippen LogP contribution in [0.5, 0.6) is 11.5 Å². The van der Waals surface area contributed by atoms with Crippen molar-refractivity contribution >= 4 is 28.5 Å². The quantitative estimate of drug-likeness (QED) is 0.685. The number of hydrogen-bond donors (Lipinski definition) is 1. The molecule has 0 bridgehead atoms. The van der Waals surface area contributed by atoms with Crippen LogP contribution in [0.15, 0.2) is 42.5 Å². The van der Waals surface area contributed by atoms with Crippen LogP contribution in [-0.2, 0) is 9.53 Å². The predicted octanol–water partition coefficient (Wildman–Crippen LogP) is 3.42. The topological polar surface area (TPSA) is 86.8 Å². The molecule has 0 spiro atoms. The van der Waals surface area contributed by atoms with Crippen LogP contribution in [0.25, 0.3) is 10.9 Å². The fourth-order valence-electron chi connectivity index (χ4n) is 3.35. The summed E-state index contributed by atoms with van der Waals surface area (Å²) >= 11 is 0. The first-order valence-corrected chi connectivity index (χ1v) is 9.25. The number of rotatable bonds is 4. The summed E-state index contributed by atoms with van der Waals surface area (Å²) in [4.78, 5) is 29.3. The van der Waals surface area contributed by atoms with E-state index in [-0.39, 0.29) is 0 Å². The number of nitrogens with one attached hydrogen (secondary N) is 1. The number of fused-ring (bicyclic) bond motifs is 2. The number of ether oxygens (including phenoxy) is 3. The minimum Gasteiger partial charge on any atom is -0.486 e. The van der Waals surface area contributed by atoms with Gasteiger partial charge in [-0.1, -0.05) is 18.2 Å². The van der Waals surface area contributed by atoms with Crippen LogP contribution in [0, 0.1) is 13.8 Å². The second-order valence-electron chi connectivity index (χ2n) is 6.70. The number of carbonyl (C=O) groups is 2. The lowest BCUT2D eigenvalue weighted by Gasteiger charge is -2.19. The van der Waals surface area contributed by atoms with E-state index in [1.54, 1.807) is 25.1 Å². The minimum absolute atomic E-state index is 0.385. The van der Waals surface area contributed by atoms with Crippen molar-refractivity contribution in [1.29, 1.82) is 0 Å². The average molecular weight is 392 g/mol. The zero-order valence-electron chi connectivity index (χ0n) is 16.2. The van der Waals surface area contributed by atoms with Gasteiger partial charge >= 0.3 is 5.97 Å². The van der Waals surface area contributed by atoms with Gasteiger partial charge in [-0.05, 0) is 37.6 Å². The van der Waals surface area contributed by atoms with Crippen molar-refractivity contribution in [1.82, 2.24) is 4.98 Å². The molecule has 1 aliphatic heterocycles. The maximum absolute atomic E-state index is 12.6. The molecule has 0 saturated heterocycles. The standard InChI is InChI=1S/C22H20N2O5/c1-13-16-5-3-4-6-17(16)23-14(2)21(13)22(26)29-12-20(25)24-15-7-8-18-19(11-15)28-10-9-27-18/h3-8,11H,9-10,12H2,1-2H3,(H,24,25). The van der Waals surface area contributed by atoms with Gasteiger partial charge < -0.3 is 19.5 Å². The Morgan fingerprint density at radius 2 is 1.83 bits per heavy atom. The largest absolute Gasteiger partial charge is 0.486 e. The maximum Gasteiger partial charge on any atom is 0.340 e. The van der Waals surface area contributed by atoms with Gasteiger partial charge in [-0.2, -0.15) is 0 Å². The van der Waals surface area contributed by atoms with E-state index in [0.29, 0.717) is 41.7 Å². The molecule has 7 nitrogen and oxygen atoms in total. The molecule has 4 rings (SSSR count). The molecule has 148 valence electrons. The van der Waals surface area contributed by atoms with Crippen molar-refractivity contribution in [2.75, 3.05) is 25.1 Å². The summed E-state index contributed by atoms with van der Waals surface area (Å²) in [6.45, 7) is 4.16. The van der Waals surface area contributed by atoms with Gasteiger partial charge in [0.1, 0.15) is 13.2 Å². The van der Waals surface area contributed by atoms with Crippen molar-refractivity contribution in [3.8, 4) is 11.5 Å². The number of hydrogen-bond acceptors (Lipinski definition) is 6. The van der Waals surface area contributed by atoms with Crippen molar-refractivity contribution in [2.45, 2.75) is 13.8 Å². The molecule has 1 amide bonds. The molecule has 0 aliphatic carbocycles. The van der Waals surface area contributed by atoms with Crippen LogP contribution in [0.4, 0.5) is 5.69 Å². The Labute approximate surface area is 167 Å². The van der Waals surface area contributed by atoms with Crippen LogP contribution in [0.2, 0.25) is 0 Å². The summed E-state index contributed by atoms with van der Waals surface area (Å²) in [5, 5.41) is 3.57. The molecule has 0 unspecified atom stereocenters. The normalized spacial score (nSPS) is 12.5. The van der Waals surface area contributed by atoms with Crippen molar-refractivity contribution < 1.29 is 23.8 Å². The molecule has 2 aromatic carbocycles. The number of esters is 1. The SMILES string of the molecule is Cc1nc2ccccc2c(C)c1C(=O)OCC(=O)Nc1ccc2c(c1)OCCO2. The lowest BCUT2D eigenvalue weighted by Crippen LogP contribution is -2.22. The first-order valence-electron chi connectivity index (χ1n) is 9.25. The number of aryl methyl sites for hydroxylation is 2. The van der Waals surface area contributed by atoms with E-state index in [1.165, 1.54) is 0 Å². The fraction of sp³-hybridized carbons (Fsp3) is 0.227. The van der Waals surface area contributed by atoms with Crippen LogP contribution in [-0.4, -0.2) is 36.7 Å². The molecule has 0 saturated carbocycles. The molecule has 29 heavy (non-hydrogen) atoms. The zero-order valence-corrected chi connectivity index (χ0v) is 16.2. The molecule has 1 aliphatic rings. The molecule has 2 heterocycles. The van der Waals surface area contributed by atoms with E-state index < -0.39 is 18.5 Å². The van der Waals surface area contributed by atoms with Gasteiger partial charge in [-0.3, -0.25) is 9.78 Å². The fourth-order valence-corrected chi connectivity index (χ4v) is 3.35. The first-order chi connectivity index (χ1) is 14.0. The van der Waals surface area contributed by atoms with E-state index >= 15 is 0 Å². The van der Waals surface area contributed by atoms with Crippen molar-refractivity contribution in [3.63, 3.8) is 0 Å². The zero-order chi connectivity index (χ0) is 20.4. The van der Waals surface area contributed by atoms with Crippen LogP contribution in [0.3, 0.4) is 0 Å². The van der Waals surface area contributed by atoms with Gasteiger partial charge in [0.25, 0.3) is 5.91 Å². The number of benzene rings is 2. The highest BCUT2D eigenvalue weighted by molar-refractivity contribution is 6.00. The lowest BCUT2D eigenvalue weighted by atomic mass is 10.0. The number of carbonyl (C=O) groups excluding carboxylic acids is 2. The molecular weight excluding hydrogens is 372 g/mol. The van der Waals surface area contributed by atoms with Crippen LogP contribution < -0.4 is 14.8 Å². The Bertz CT molecular complexity index is 1110. The lowest BCUT2D eigenvalue weighted by molar-refractivity contribution is -0.119. The number of pyridine rings is 1. The maximum atomic E-state index is 12.6.